The molecule has 2 saturated heterocycles. The summed E-state index contributed by atoms with van der Waals surface area (Å²) in [6.07, 6.45) is 0. The maximum absolute atomic E-state index is 11.7. The van der Waals surface area contributed by atoms with Gasteiger partial charge in [-0.1, -0.05) is 15.9 Å². The van der Waals surface area contributed by atoms with Gasteiger partial charge in [0.05, 0.1) is 42.8 Å². The molecule has 0 atom stereocenters. The van der Waals surface area contributed by atoms with E-state index in [1.54, 1.807) is 0 Å². The van der Waals surface area contributed by atoms with Crippen molar-refractivity contribution in [3.05, 3.63) is 18.2 Å². The predicted molar refractivity (Wildman–Crippen MR) is 108 cm³/mol. The normalized spacial score (nSPS) is 18.0. The number of nitrogens with zero attached hydrogens (tertiary/aromatic N) is 4. The van der Waals surface area contributed by atoms with Crippen LogP contribution >= 0.6 is 15.9 Å². The average Bonchev–Trinajstić information content (AvgIpc) is 2.74. The third-order valence-electron chi connectivity index (χ3n) is 4.65. The van der Waals surface area contributed by atoms with Crippen molar-refractivity contribution >= 4 is 50.2 Å². The van der Waals surface area contributed by atoms with Crippen molar-refractivity contribution in [3.8, 4) is 0 Å². The Morgan fingerprint density at radius 1 is 0.963 bits per heavy atom. The lowest BCUT2D eigenvalue weighted by atomic mass is 10.2. The van der Waals surface area contributed by atoms with E-state index in [9.17, 15) is 4.79 Å². The molecule has 4 rings (SSSR count). The quantitative estimate of drug-likeness (QED) is 0.730. The number of rotatable bonds is 4. The zero-order valence-electron chi connectivity index (χ0n) is 15.0. The van der Waals surface area contributed by atoms with Gasteiger partial charge in [0.25, 0.3) is 0 Å². The Labute approximate surface area is 166 Å². The van der Waals surface area contributed by atoms with E-state index in [-0.39, 0.29) is 11.2 Å². The molecule has 0 unspecified atom stereocenters. The van der Waals surface area contributed by atoms with E-state index in [4.69, 9.17) is 19.4 Å². The highest BCUT2D eigenvalue weighted by molar-refractivity contribution is 9.09. The maximum atomic E-state index is 11.7. The molecule has 0 radical (unpaired) electrons. The number of halogens is 1. The smallest absolute Gasteiger partial charge is 0.235 e. The first-order chi connectivity index (χ1) is 13.2. The molecule has 2 aromatic rings. The van der Waals surface area contributed by atoms with Crippen molar-refractivity contribution in [3.63, 3.8) is 0 Å². The molecule has 9 heteroatoms. The fourth-order valence-electron chi connectivity index (χ4n) is 3.28. The third-order valence-corrected chi connectivity index (χ3v) is 5.16. The largest absolute Gasteiger partial charge is 0.378 e. The zero-order valence-corrected chi connectivity index (χ0v) is 16.6. The average molecular weight is 436 g/mol. The summed E-state index contributed by atoms with van der Waals surface area (Å²) in [6.45, 7) is 5.94. The zero-order chi connectivity index (χ0) is 18.6. The molecule has 144 valence electrons. The molecule has 27 heavy (non-hydrogen) atoms. The fraction of sp³-hybridized carbons (Fsp3) is 0.500. The number of amides is 1. The van der Waals surface area contributed by atoms with Crippen LogP contribution in [0.4, 0.5) is 17.3 Å². The van der Waals surface area contributed by atoms with Crippen molar-refractivity contribution in [2.75, 3.05) is 73.1 Å². The summed E-state index contributed by atoms with van der Waals surface area (Å²) < 4.78 is 11.0. The molecular formula is C18H22BrN5O3. The van der Waals surface area contributed by atoms with Gasteiger partial charge in [0.2, 0.25) is 5.91 Å². The standard InChI is InChI=1S/C18H22BrN5O3/c19-12-16(25)20-13-1-2-14-15(11-13)22-18(24-5-9-27-10-6-24)17(21-14)23-3-7-26-8-4-23/h1-2,11H,3-10,12H2,(H,20,25). The van der Waals surface area contributed by atoms with Crippen LogP contribution in [-0.4, -0.2) is 73.8 Å². The van der Waals surface area contributed by atoms with Crippen LogP contribution in [0.3, 0.4) is 0 Å². The number of hydrogen-bond donors (Lipinski definition) is 1. The van der Waals surface area contributed by atoms with Crippen molar-refractivity contribution in [1.82, 2.24) is 9.97 Å². The lowest BCUT2D eigenvalue weighted by molar-refractivity contribution is -0.113. The molecule has 2 fully saturated rings. The van der Waals surface area contributed by atoms with Crippen molar-refractivity contribution < 1.29 is 14.3 Å². The minimum Gasteiger partial charge on any atom is -0.378 e. The van der Waals surface area contributed by atoms with E-state index >= 15 is 0 Å². The fourth-order valence-corrected chi connectivity index (χ4v) is 3.42. The second-order valence-corrected chi connectivity index (χ2v) is 7.02. The number of morpholine rings is 2. The van der Waals surface area contributed by atoms with Gasteiger partial charge >= 0.3 is 0 Å². The van der Waals surface area contributed by atoms with Gasteiger partial charge in [-0.3, -0.25) is 4.79 Å². The van der Waals surface area contributed by atoms with Crippen molar-refractivity contribution in [2.24, 2.45) is 0 Å². The van der Waals surface area contributed by atoms with E-state index in [1.807, 2.05) is 18.2 Å². The SMILES string of the molecule is O=C(CBr)Nc1ccc2nc(N3CCOCC3)c(N3CCOCC3)nc2c1. The van der Waals surface area contributed by atoms with Gasteiger partial charge in [0.1, 0.15) is 0 Å². The molecule has 0 aliphatic carbocycles. The van der Waals surface area contributed by atoms with Crippen molar-refractivity contribution in [1.29, 1.82) is 0 Å². The number of ether oxygens (including phenoxy) is 2. The van der Waals surface area contributed by atoms with Gasteiger partial charge < -0.3 is 24.6 Å². The molecule has 1 N–H and O–H groups in total. The summed E-state index contributed by atoms with van der Waals surface area (Å²) in [6, 6.07) is 5.63. The number of benzene rings is 1. The summed E-state index contributed by atoms with van der Waals surface area (Å²) in [5.74, 6) is 1.67. The Hall–Kier alpha value is -1.97. The summed E-state index contributed by atoms with van der Waals surface area (Å²) in [4.78, 5) is 26.0. The molecule has 8 nitrogen and oxygen atoms in total. The van der Waals surface area contributed by atoms with Gasteiger partial charge in [-0.05, 0) is 18.2 Å². The number of nitrogens with one attached hydrogen (secondary N) is 1. The van der Waals surface area contributed by atoms with E-state index in [0.717, 1.165) is 48.8 Å². The minimum atomic E-state index is -0.0966. The van der Waals surface area contributed by atoms with E-state index in [1.165, 1.54) is 0 Å². The Morgan fingerprint density at radius 3 is 2.07 bits per heavy atom. The van der Waals surface area contributed by atoms with Gasteiger partial charge in [0, 0.05) is 31.9 Å². The summed E-state index contributed by atoms with van der Waals surface area (Å²) in [7, 11) is 0. The number of aromatic nitrogens is 2. The van der Waals surface area contributed by atoms with E-state index in [2.05, 4.69) is 31.0 Å². The second-order valence-electron chi connectivity index (χ2n) is 6.45. The van der Waals surface area contributed by atoms with Crippen LogP contribution in [0, 0.1) is 0 Å². The van der Waals surface area contributed by atoms with Crippen LogP contribution in [0.5, 0.6) is 0 Å². The summed E-state index contributed by atoms with van der Waals surface area (Å²) >= 11 is 3.17. The summed E-state index contributed by atoms with van der Waals surface area (Å²) in [5.41, 5.74) is 2.29. The van der Waals surface area contributed by atoms with Crippen LogP contribution in [0.1, 0.15) is 0 Å². The highest BCUT2D eigenvalue weighted by atomic mass is 79.9. The van der Waals surface area contributed by atoms with E-state index in [0.29, 0.717) is 32.1 Å². The highest BCUT2D eigenvalue weighted by Gasteiger charge is 2.24. The van der Waals surface area contributed by atoms with Crippen molar-refractivity contribution in [2.45, 2.75) is 0 Å². The molecule has 1 amide bonds. The molecule has 0 bridgehead atoms. The number of carbonyl (C=O) groups is 1. The lowest BCUT2D eigenvalue weighted by Crippen LogP contribution is -2.41. The topological polar surface area (TPSA) is 79.8 Å². The third kappa shape index (κ3) is 4.15. The van der Waals surface area contributed by atoms with Gasteiger partial charge in [-0.2, -0.15) is 0 Å². The molecule has 0 saturated carbocycles. The number of carbonyl (C=O) groups excluding carboxylic acids is 1. The van der Waals surface area contributed by atoms with Gasteiger partial charge in [-0.25, -0.2) is 9.97 Å². The minimum absolute atomic E-state index is 0.0966. The number of hydrogen-bond acceptors (Lipinski definition) is 7. The molecule has 2 aliphatic heterocycles. The second kappa shape index (κ2) is 8.37. The Balaban J connectivity index is 1.74. The monoisotopic (exact) mass is 435 g/mol. The van der Waals surface area contributed by atoms with Crippen LogP contribution in [0.25, 0.3) is 11.0 Å². The molecule has 0 spiro atoms. The summed E-state index contributed by atoms with van der Waals surface area (Å²) in [5, 5.41) is 3.10. The van der Waals surface area contributed by atoms with Gasteiger partial charge in [0.15, 0.2) is 11.6 Å². The molecule has 2 aliphatic rings. The van der Waals surface area contributed by atoms with Crippen LogP contribution in [-0.2, 0) is 14.3 Å². The Kier molecular flexibility index (Phi) is 5.70. The van der Waals surface area contributed by atoms with Crippen LogP contribution < -0.4 is 15.1 Å². The first-order valence-corrected chi connectivity index (χ1v) is 10.2. The molecule has 1 aromatic heterocycles. The van der Waals surface area contributed by atoms with Gasteiger partial charge in [-0.15, -0.1) is 0 Å². The number of anilines is 3. The first kappa shape index (κ1) is 18.4. The van der Waals surface area contributed by atoms with Crippen LogP contribution in [0.2, 0.25) is 0 Å². The highest BCUT2D eigenvalue weighted by Crippen LogP contribution is 2.30. The molecule has 1 aromatic carbocycles. The molecule has 3 heterocycles. The predicted octanol–water partition coefficient (Wildman–Crippen LogP) is 1.64. The van der Waals surface area contributed by atoms with E-state index < -0.39 is 0 Å². The number of alkyl halides is 1. The Morgan fingerprint density at radius 2 is 1.52 bits per heavy atom. The Bertz CT molecular complexity index is 822. The number of fused-ring (bicyclic) bond motifs is 1. The van der Waals surface area contributed by atoms with Crippen LogP contribution in [0.15, 0.2) is 18.2 Å². The first-order valence-electron chi connectivity index (χ1n) is 9.07. The molecular weight excluding hydrogens is 414 g/mol. The lowest BCUT2D eigenvalue weighted by Gasteiger charge is -2.34. The maximum Gasteiger partial charge on any atom is 0.235 e.